The van der Waals surface area contributed by atoms with Gasteiger partial charge in [-0.15, -0.1) is 5.10 Å². The van der Waals surface area contributed by atoms with E-state index in [1.165, 1.54) is 6.20 Å². The third-order valence-electron chi connectivity index (χ3n) is 0.295. The van der Waals surface area contributed by atoms with E-state index in [0.717, 1.165) is 0 Å². The van der Waals surface area contributed by atoms with E-state index in [1.54, 1.807) is 0 Å². The maximum Gasteiger partial charge on any atom is 0.134 e. The first kappa shape index (κ1) is 2.38. The molecule has 1 radical (unpaired) electrons. The first-order chi connectivity index (χ1) is 2.50. The van der Waals surface area contributed by atoms with Gasteiger partial charge in [-0.1, -0.05) is 5.21 Å². The van der Waals surface area contributed by atoms with Crippen molar-refractivity contribution in [1.82, 2.24) is 15.4 Å². The molecule has 0 saturated carbocycles. The molecule has 0 bridgehead atoms. The molecule has 0 saturated heterocycles. The molecule has 0 aliphatic rings. The normalized spacial score (nSPS) is 8.00. The van der Waals surface area contributed by atoms with E-state index < -0.39 is 0 Å². The number of rotatable bonds is 0. The van der Waals surface area contributed by atoms with E-state index in [2.05, 4.69) is 21.6 Å². The fourth-order valence-electron chi connectivity index (χ4n) is 0.144. The van der Waals surface area contributed by atoms with Gasteiger partial charge in [-0.3, -0.25) is 5.10 Å². The van der Waals surface area contributed by atoms with Crippen molar-refractivity contribution in [3.63, 3.8) is 0 Å². The van der Waals surface area contributed by atoms with Crippen molar-refractivity contribution >= 4 is 0 Å². The van der Waals surface area contributed by atoms with Crippen LogP contribution in [0.1, 0.15) is 0 Å². The molecule has 0 aliphatic carbocycles. The lowest BCUT2D eigenvalue weighted by atomic mass is 11.0. The Kier molecular flexibility index (Phi) is 0.400. The van der Waals surface area contributed by atoms with Gasteiger partial charge >= 0.3 is 0 Å². The summed E-state index contributed by atoms with van der Waals surface area (Å²) >= 11 is 0. The summed E-state index contributed by atoms with van der Waals surface area (Å²) < 4.78 is 0. The Morgan fingerprint density at radius 3 is 3.00 bits per heavy atom. The number of aromatic nitrogens is 3. The third kappa shape index (κ3) is 0.238. The van der Waals surface area contributed by atoms with E-state index in [0.29, 0.717) is 0 Å². The lowest BCUT2D eigenvalue weighted by Crippen LogP contribution is -1.62. The van der Waals surface area contributed by atoms with Gasteiger partial charge in [0.05, 0.1) is 6.20 Å². The molecule has 5 heavy (non-hydrogen) atoms. The molecule has 3 nitrogen and oxygen atoms in total. The second kappa shape index (κ2) is 0.839. The van der Waals surface area contributed by atoms with E-state index in [1.807, 2.05) is 0 Å². The molecule has 3 heteroatoms. The van der Waals surface area contributed by atoms with Crippen LogP contribution in [0.25, 0.3) is 0 Å². The van der Waals surface area contributed by atoms with Crippen molar-refractivity contribution in [3.05, 3.63) is 12.4 Å². The quantitative estimate of drug-likeness (QED) is 0.449. The summed E-state index contributed by atoms with van der Waals surface area (Å²) in [6.45, 7) is 0. The van der Waals surface area contributed by atoms with Crippen molar-refractivity contribution in [3.8, 4) is 0 Å². The summed E-state index contributed by atoms with van der Waals surface area (Å²) in [5.74, 6) is 0. The Hall–Kier alpha value is -0.860. The van der Waals surface area contributed by atoms with E-state index in [4.69, 9.17) is 0 Å². The predicted octanol–water partition coefficient (Wildman–Crippen LogP) is -0.395. The number of aromatic amines is 1. The summed E-state index contributed by atoms with van der Waals surface area (Å²) in [5.41, 5.74) is 0. The largest absolute Gasteiger partial charge is 0.265 e. The first-order valence-corrected chi connectivity index (χ1v) is 1.22. The van der Waals surface area contributed by atoms with Crippen LogP contribution in [0.15, 0.2) is 6.20 Å². The maximum atomic E-state index is 3.29. The highest BCUT2D eigenvalue weighted by molar-refractivity contribution is 4.50. The van der Waals surface area contributed by atoms with Gasteiger partial charge in [-0.05, 0) is 0 Å². The number of hydrogen-bond donors (Lipinski definition) is 1. The highest BCUT2D eigenvalue weighted by Gasteiger charge is 1.59. The average molecular weight is 68.1 g/mol. The standard InChI is InChI=1S/C2H2N3/c1-2-4-5-3-1/h1H,(H,3,4,5). The fourth-order valence-corrected chi connectivity index (χ4v) is 0.144. The van der Waals surface area contributed by atoms with E-state index in [9.17, 15) is 0 Å². The molecule has 25 valence electrons. The molecule has 1 heterocycles. The zero-order valence-corrected chi connectivity index (χ0v) is 2.47. The van der Waals surface area contributed by atoms with Gasteiger partial charge in [0.15, 0.2) is 0 Å². The highest BCUT2D eigenvalue weighted by atomic mass is 15.3. The van der Waals surface area contributed by atoms with E-state index in [-0.39, 0.29) is 0 Å². The van der Waals surface area contributed by atoms with Gasteiger partial charge in [0.1, 0.15) is 6.20 Å². The van der Waals surface area contributed by atoms with Gasteiger partial charge in [0.2, 0.25) is 0 Å². The summed E-state index contributed by atoms with van der Waals surface area (Å²) in [6.07, 6.45) is 3.97. The van der Waals surface area contributed by atoms with Crippen molar-refractivity contribution in [2.45, 2.75) is 0 Å². The average Bonchev–Trinajstić information content (AvgIpc) is 1.76. The smallest absolute Gasteiger partial charge is 0.134 e. The van der Waals surface area contributed by atoms with Crippen LogP contribution in [0.4, 0.5) is 0 Å². The van der Waals surface area contributed by atoms with Crippen molar-refractivity contribution in [2.24, 2.45) is 0 Å². The Morgan fingerprint density at radius 2 is 2.80 bits per heavy atom. The van der Waals surface area contributed by atoms with Gasteiger partial charge in [-0.2, -0.15) is 0 Å². The van der Waals surface area contributed by atoms with Crippen LogP contribution in [-0.2, 0) is 0 Å². The molecule has 0 atom stereocenters. The molecule has 0 amide bonds. The SMILES string of the molecule is [c]1c[nH]nn1. The molecule has 0 spiro atoms. The lowest BCUT2D eigenvalue weighted by Gasteiger charge is -1.46. The number of H-pyrrole nitrogens is 1. The second-order valence-corrected chi connectivity index (χ2v) is 0.603. The Labute approximate surface area is 29.0 Å². The molecule has 1 N–H and O–H groups in total. The van der Waals surface area contributed by atoms with Crippen LogP contribution < -0.4 is 0 Å². The molecule has 0 unspecified atom stereocenters. The molecule has 1 aromatic heterocycles. The van der Waals surface area contributed by atoms with Crippen molar-refractivity contribution < 1.29 is 0 Å². The van der Waals surface area contributed by atoms with Gasteiger partial charge in [0, 0.05) is 0 Å². The molecule has 0 aromatic carbocycles. The molecule has 1 aromatic rings. The van der Waals surface area contributed by atoms with Crippen LogP contribution in [0, 0.1) is 6.20 Å². The second-order valence-electron chi connectivity index (χ2n) is 0.603. The van der Waals surface area contributed by atoms with Gasteiger partial charge in [-0.25, -0.2) is 0 Å². The Morgan fingerprint density at radius 1 is 1.80 bits per heavy atom. The van der Waals surface area contributed by atoms with Gasteiger partial charge in [0.25, 0.3) is 0 Å². The number of hydrogen-bond acceptors (Lipinski definition) is 2. The lowest BCUT2D eigenvalue weighted by molar-refractivity contribution is 0.938. The minimum absolute atomic E-state index is 1.53. The summed E-state index contributed by atoms with van der Waals surface area (Å²) in [4.78, 5) is 0. The van der Waals surface area contributed by atoms with Crippen molar-refractivity contribution in [2.75, 3.05) is 0 Å². The minimum Gasteiger partial charge on any atom is -0.265 e. The zero-order chi connectivity index (χ0) is 3.54. The predicted molar refractivity (Wildman–Crippen MR) is 15.2 cm³/mol. The maximum absolute atomic E-state index is 3.29. The topological polar surface area (TPSA) is 41.6 Å². The Balaban J connectivity index is 3.13. The summed E-state index contributed by atoms with van der Waals surface area (Å²) in [7, 11) is 0. The molecule has 1 rings (SSSR count). The fraction of sp³-hybridized carbons (Fsp3) is 0. The molecular formula is C2H2N3. The molecular weight excluding hydrogens is 66.0 g/mol. The monoisotopic (exact) mass is 68.0 g/mol. The zero-order valence-electron chi connectivity index (χ0n) is 2.47. The summed E-state index contributed by atoms with van der Waals surface area (Å²) in [6, 6.07) is 0. The number of nitrogens with one attached hydrogen (secondary N) is 1. The van der Waals surface area contributed by atoms with E-state index >= 15 is 0 Å². The molecule has 0 fully saturated rings. The van der Waals surface area contributed by atoms with Crippen molar-refractivity contribution in [1.29, 1.82) is 0 Å². The minimum atomic E-state index is 1.53. The third-order valence-corrected chi connectivity index (χ3v) is 0.295. The first-order valence-electron chi connectivity index (χ1n) is 1.22. The molecule has 0 aliphatic heterocycles. The van der Waals surface area contributed by atoms with Crippen LogP contribution in [0.2, 0.25) is 0 Å². The van der Waals surface area contributed by atoms with Crippen LogP contribution >= 0.6 is 0 Å². The number of nitrogens with zero attached hydrogens (tertiary/aromatic N) is 2. The Bertz CT molecular complexity index is 61.4. The summed E-state index contributed by atoms with van der Waals surface area (Å²) in [5, 5.41) is 9.03. The van der Waals surface area contributed by atoms with Crippen LogP contribution in [-0.4, -0.2) is 15.4 Å². The van der Waals surface area contributed by atoms with Crippen LogP contribution in [0.5, 0.6) is 0 Å². The van der Waals surface area contributed by atoms with Gasteiger partial charge < -0.3 is 0 Å². The highest BCUT2D eigenvalue weighted by Crippen LogP contribution is 1.53. The van der Waals surface area contributed by atoms with Crippen LogP contribution in [0.3, 0.4) is 0 Å².